The highest BCUT2D eigenvalue weighted by molar-refractivity contribution is 9.10. The highest BCUT2D eigenvalue weighted by Gasteiger charge is 2.36. The molecule has 2 aromatic rings. The van der Waals surface area contributed by atoms with Gasteiger partial charge in [0.15, 0.2) is 11.5 Å². The minimum Gasteiger partial charge on any atom is -0.493 e. The number of benzene rings is 2. The molecule has 1 aliphatic heterocycles. The Labute approximate surface area is 168 Å². The van der Waals surface area contributed by atoms with Crippen LogP contribution in [0.25, 0.3) is 6.08 Å². The summed E-state index contributed by atoms with van der Waals surface area (Å²) < 4.78 is 11.2. The third kappa shape index (κ3) is 3.60. The normalized spacial score (nSPS) is 15.7. The molecule has 0 aliphatic carbocycles. The van der Waals surface area contributed by atoms with Crippen molar-refractivity contribution in [3.63, 3.8) is 0 Å². The van der Waals surface area contributed by atoms with Crippen molar-refractivity contribution in [3.8, 4) is 11.5 Å². The first-order chi connectivity index (χ1) is 12.4. The predicted octanol–water partition coefficient (Wildman–Crippen LogP) is 5.36. The lowest BCUT2D eigenvalue weighted by atomic mass is 10.1. The number of amides is 2. The molecular formula is C18H13BrClNO4S. The maximum atomic E-state index is 12.7. The molecule has 3 rings (SSSR count). The minimum atomic E-state index is -0.399. The van der Waals surface area contributed by atoms with Crippen molar-refractivity contribution >= 4 is 62.2 Å². The summed E-state index contributed by atoms with van der Waals surface area (Å²) in [6.07, 6.45) is 1.64. The van der Waals surface area contributed by atoms with Crippen molar-refractivity contribution in [1.29, 1.82) is 0 Å². The van der Waals surface area contributed by atoms with Gasteiger partial charge < -0.3 is 9.47 Å². The van der Waals surface area contributed by atoms with E-state index in [1.165, 1.54) is 7.11 Å². The molecule has 2 aromatic carbocycles. The van der Waals surface area contributed by atoms with Gasteiger partial charge >= 0.3 is 0 Å². The van der Waals surface area contributed by atoms with Crippen molar-refractivity contribution < 1.29 is 19.1 Å². The van der Waals surface area contributed by atoms with Crippen molar-refractivity contribution in [3.05, 3.63) is 56.4 Å². The van der Waals surface area contributed by atoms with Gasteiger partial charge in [-0.3, -0.25) is 9.59 Å². The Balaban J connectivity index is 1.98. The standard InChI is InChI=1S/C18H13BrClNO4S/c1-24-14-6-10(13(19)9-15(14)25-2)7-16-17(22)21(18(23)26-16)12-5-3-4-11(20)8-12/h3-9H,1-2H3. The number of nitrogens with zero attached hydrogens (tertiary/aromatic N) is 1. The first-order valence-corrected chi connectivity index (χ1v) is 9.38. The van der Waals surface area contributed by atoms with E-state index in [2.05, 4.69) is 15.9 Å². The molecule has 0 atom stereocenters. The molecule has 5 nitrogen and oxygen atoms in total. The van der Waals surface area contributed by atoms with E-state index < -0.39 is 5.91 Å². The lowest BCUT2D eigenvalue weighted by molar-refractivity contribution is -0.113. The van der Waals surface area contributed by atoms with E-state index in [0.29, 0.717) is 37.2 Å². The summed E-state index contributed by atoms with van der Waals surface area (Å²) in [5.74, 6) is 0.684. The number of anilines is 1. The molecule has 1 saturated heterocycles. The molecule has 1 heterocycles. The molecule has 0 radical (unpaired) electrons. The molecule has 1 fully saturated rings. The number of rotatable bonds is 4. The van der Waals surface area contributed by atoms with Crippen molar-refractivity contribution in [2.45, 2.75) is 0 Å². The Morgan fingerprint density at radius 3 is 2.46 bits per heavy atom. The number of hydrogen-bond acceptors (Lipinski definition) is 5. The number of thioether (sulfide) groups is 1. The van der Waals surface area contributed by atoms with Crippen LogP contribution in [0.5, 0.6) is 11.5 Å². The minimum absolute atomic E-state index is 0.308. The van der Waals surface area contributed by atoms with Crippen LogP contribution in [0.4, 0.5) is 10.5 Å². The summed E-state index contributed by atoms with van der Waals surface area (Å²) in [4.78, 5) is 26.5. The third-order valence-electron chi connectivity index (χ3n) is 3.65. The van der Waals surface area contributed by atoms with E-state index >= 15 is 0 Å². The summed E-state index contributed by atoms with van der Waals surface area (Å²) in [6.45, 7) is 0. The fourth-order valence-electron chi connectivity index (χ4n) is 2.43. The SMILES string of the molecule is COc1cc(Br)c(C=C2SC(=O)N(c3cccc(Cl)c3)C2=O)cc1OC. The number of hydrogen-bond donors (Lipinski definition) is 0. The van der Waals surface area contributed by atoms with Crippen LogP contribution in [0.1, 0.15) is 5.56 Å². The second-order valence-corrected chi connectivity index (χ2v) is 7.51. The molecule has 8 heteroatoms. The van der Waals surface area contributed by atoms with Crippen LogP contribution in [0.15, 0.2) is 45.8 Å². The first-order valence-electron chi connectivity index (χ1n) is 7.39. The fraction of sp³-hybridized carbons (Fsp3) is 0.111. The van der Waals surface area contributed by atoms with Crippen LogP contribution in [-0.2, 0) is 4.79 Å². The number of ether oxygens (including phenoxy) is 2. The molecule has 1 aliphatic rings. The van der Waals surface area contributed by atoms with E-state index in [1.807, 2.05) is 0 Å². The first kappa shape index (κ1) is 18.8. The number of carbonyl (C=O) groups excluding carboxylic acids is 2. The maximum Gasteiger partial charge on any atom is 0.298 e. The van der Waals surface area contributed by atoms with Gasteiger partial charge in [-0.2, -0.15) is 0 Å². The second-order valence-electron chi connectivity index (χ2n) is 5.23. The predicted molar refractivity (Wildman–Crippen MR) is 107 cm³/mol. The summed E-state index contributed by atoms with van der Waals surface area (Å²) >= 11 is 10.3. The van der Waals surface area contributed by atoms with Crippen LogP contribution < -0.4 is 14.4 Å². The monoisotopic (exact) mass is 453 g/mol. The number of carbonyl (C=O) groups is 2. The second kappa shape index (κ2) is 7.73. The van der Waals surface area contributed by atoms with Gasteiger partial charge in [-0.25, -0.2) is 4.90 Å². The maximum absolute atomic E-state index is 12.7. The average Bonchev–Trinajstić information content (AvgIpc) is 2.89. The van der Waals surface area contributed by atoms with Crippen molar-refractivity contribution in [1.82, 2.24) is 0 Å². The van der Waals surface area contributed by atoms with Crippen molar-refractivity contribution in [2.24, 2.45) is 0 Å². The zero-order valence-electron chi connectivity index (χ0n) is 13.8. The third-order valence-corrected chi connectivity index (χ3v) is 5.44. The van der Waals surface area contributed by atoms with Crippen LogP contribution in [0, 0.1) is 0 Å². The average molecular weight is 455 g/mol. The zero-order chi connectivity index (χ0) is 18.8. The lowest BCUT2D eigenvalue weighted by Crippen LogP contribution is -2.27. The van der Waals surface area contributed by atoms with Crippen LogP contribution >= 0.6 is 39.3 Å². The fourth-order valence-corrected chi connectivity index (χ4v) is 3.88. The van der Waals surface area contributed by atoms with Gasteiger partial charge in [0.05, 0.1) is 24.8 Å². The van der Waals surface area contributed by atoms with E-state index in [4.69, 9.17) is 21.1 Å². The van der Waals surface area contributed by atoms with Gasteiger partial charge in [-0.05, 0) is 53.7 Å². The Hall–Kier alpha value is -1.96. The zero-order valence-corrected chi connectivity index (χ0v) is 16.9. The highest BCUT2D eigenvalue weighted by Crippen LogP contribution is 2.39. The van der Waals surface area contributed by atoms with Gasteiger partial charge in [-0.1, -0.05) is 33.6 Å². The molecule has 2 amide bonds. The quantitative estimate of drug-likeness (QED) is 0.582. The number of halogens is 2. The Morgan fingerprint density at radius 1 is 1.12 bits per heavy atom. The Kier molecular flexibility index (Phi) is 5.60. The molecule has 26 heavy (non-hydrogen) atoms. The molecular weight excluding hydrogens is 442 g/mol. The molecule has 0 N–H and O–H groups in total. The molecule has 0 unspecified atom stereocenters. The summed E-state index contributed by atoms with van der Waals surface area (Å²) in [5, 5.41) is 0.0771. The highest BCUT2D eigenvalue weighted by atomic mass is 79.9. The largest absolute Gasteiger partial charge is 0.493 e. The smallest absolute Gasteiger partial charge is 0.298 e. The Morgan fingerprint density at radius 2 is 1.81 bits per heavy atom. The van der Waals surface area contributed by atoms with Crippen LogP contribution in [-0.4, -0.2) is 25.4 Å². The van der Waals surface area contributed by atoms with E-state index in [1.54, 1.807) is 49.6 Å². The molecule has 0 saturated carbocycles. The van der Waals surface area contributed by atoms with Crippen molar-refractivity contribution in [2.75, 3.05) is 19.1 Å². The van der Waals surface area contributed by atoms with Gasteiger partial charge in [0.25, 0.3) is 11.1 Å². The molecule has 0 bridgehead atoms. The lowest BCUT2D eigenvalue weighted by Gasteiger charge is -2.12. The van der Waals surface area contributed by atoms with Gasteiger partial charge in [0, 0.05) is 9.50 Å². The van der Waals surface area contributed by atoms with Gasteiger partial charge in [-0.15, -0.1) is 0 Å². The Bertz CT molecular complexity index is 931. The summed E-state index contributed by atoms with van der Waals surface area (Å²) in [6, 6.07) is 10.1. The van der Waals surface area contributed by atoms with Crippen LogP contribution in [0.3, 0.4) is 0 Å². The summed E-state index contributed by atoms with van der Waals surface area (Å²) in [5.41, 5.74) is 1.13. The van der Waals surface area contributed by atoms with E-state index in [-0.39, 0.29) is 5.24 Å². The topological polar surface area (TPSA) is 55.8 Å². The van der Waals surface area contributed by atoms with Gasteiger partial charge in [0.1, 0.15) is 0 Å². The summed E-state index contributed by atoms with van der Waals surface area (Å²) in [7, 11) is 3.07. The van der Waals surface area contributed by atoms with Crippen LogP contribution in [0.2, 0.25) is 5.02 Å². The number of methoxy groups -OCH3 is 2. The molecule has 134 valence electrons. The van der Waals surface area contributed by atoms with E-state index in [9.17, 15) is 9.59 Å². The van der Waals surface area contributed by atoms with Gasteiger partial charge in [0.2, 0.25) is 0 Å². The van der Waals surface area contributed by atoms with E-state index in [0.717, 1.165) is 16.7 Å². The molecule has 0 spiro atoms. The molecule has 0 aromatic heterocycles. The number of imide groups is 1.